The molecule has 0 spiro atoms. The molecule has 19 heavy (non-hydrogen) atoms. The molecule has 1 rings (SSSR count). The minimum absolute atomic E-state index is 0.0515. The average molecular weight is 306 g/mol. The number of anilines is 1. The molecule has 0 aliphatic rings. The minimum atomic E-state index is -3.59. The van der Waals surface area contributed by atoms with Crippen LogP contribution in [-0.2, 0) is 10.0 Å². The molecule has 7 heteroatoms. The predicted octanol–water partition coefficient (Wildman–Crippen LogP) is 1.54. The second kappa shape index (κ2) is 6.56. The van der Waals surface area contributed by atoms with Gasteiger partial charge < -0.3 is 10.6 Å². The number of sulfonamides is 1. The van der Waals surface area contributed by atoms with E-state index in [1.165, 1.54) is 18.2 Å². The number of nitrogens with zero attached hydrogens (tertiary/aromatic N) is 1. The number of nitrogen functional groups attached to an aromatic ring is 1. The lowest BCUT2D eigenvalue weighted by Gasteiger charge is -2.21. The van der Waals surface area contributed by atoms with E-state index in [0.717, 1.165) is 0 Å². The number of nitrogens with one attached hydrogen (secondary N) is 1. The van der Waals surface area contributed by atoms with Crippen molar-refractivity contribution < 1.29 is 8.42 Å². The fraction of sp³-hybridized carbons (Fsp3) is 0.500. The third-order valence-electron chi connectivity index (χ3n) is 2.88. The maximum Gasteiger partial charge on any atom is 0.242 e. The second-order valence-electron chi connectivity index (χ2n) is 4.66. The first kappa shape index (κ1) is 16.2. The van der Waals surface area contributed by atoms with Crippen LogP contribution >= 0.6 is 11.6 Å². The van der Waals surface area contributed by atoms with Gasteiger partial charge in [0.25, 0.3) is 0 Å². The Labute approximate surface area is 119 Å². The Morgan fingerprint density at radius 2 is 2.05 bits per heavy atom. The number of halogens is 1. The van der Waals surface area contributed by atoms with E-state index in [1.807, 2.05) is 25.8 Å². The number of hydrogen-bond donors (Lipinski definition) is 2. The molecule has 0 unspecified atom stereocenters. The Morgan fingerprint density at radius 3 is 2.58 bits per heavy atom. The molecule has 0 amide bonds. The van der Waals surface area contributed by atoms with E-state index >= 15 is 0 Å². The highest BCUT2D eigenvalue weighted by Gasteiger charge is 2.17. The van der Waals surface area contributed by atoms with Crippen LogP contribution in [0.15, 0.2) is 23.1 Å². The maximum atomic E-state index is 12.1. The van der Waals surface area contributed by atoms with Gasteiger partial charge in [-0.25, -0.2) is 13.1 Å². The third kappa shape index (κ3) is 4.65. The van der Waals surface area contributed by atoms with Crippen LogP contribution in [0.25, 0.3) is 0 Å². The van der Waals surface area contributed by atoms with Crippen LogP contribution in [0.2, 0.25) is 5.02 Å². The Balaban J connectivity index is 2.71. The van der Waals surface area contributed by atoms with E-state index in [0.29, 0.717) is 24.8 Å². The van der Waals surface area contributed by atoms with Gasteiger partial charge in [0.05, 0.1) is 5.02 Å². The lowest BCUT2D eigenvalue weighted by Crippen LogP contribution is -2.36. The number of rotatable bonds is 6. The Kier molecular flexibility index (Phi) is 5.61. The molecule has 0 fully saturated rings. The molecule has 108 valence electrons. The maximum absolute atomic E-state index is 12.1. The molecule has 0 aromatic heterocycles. The van der Waals surface area contributed by atoms with Crippen molar-refractivity contribution in [3.63, 3.8) is 0 Å². The van der Waals surface area contributed by atoms with Gasteiger partial charge in [0.15, 0.2) is 0 Å². The summed E-state index contributed by atoms with van der Waals surface area (Å²) in [6.07, 6.45) is 0. The van der Waals surface area contributed by atoms with E-state index in [1.54, 1.807) is 0 Å². The van der Waals surface area contributed by atoms with Crippen LogP contribution in [0, 0.1) is 0 Å². The van der Waals surface area contributed by atoms with E-state index in [4.69, 9.17) is 17.3 Å². The van der Waals surface area contributed by atoms with Crippen LogP contribution in [0.4, 0.5) is 5.69 Å². The fourth-order valence-corrected chi connectivity index (χ4v) is 3.00. The third-order valence-corrected chi connectivity index (χ3v) is 4.83. The molecule has 0 radical (unpaired) electrons. The van der Waals surface area contributed by atoms with Gasteiger partial charge in [0, 0.05) is 24.8 Å². The molecule has 3 N–H and O–H groups in total. The van der Waals surface area contributed by atoms with Gasteiger partial charge in [-0.05, 0) is 39.1 Å². The number of benzene rings is 1. The summed E-state index contributed by atoms with van der Waals surface area (Å²) >= 11 is 5.90. The SMILES string of the molecule is CC(C)N(C)CCNS(=O)(=O)c1ccc(N)cc1Cl. The topological polar surface area (TPSA) is 75.4 Å². The summed E-state index contributed by atoms with van der Waals surface area (Å²) in [6, 6.07) is 4.72. The number of hydrogen-bond acceptors (Lipinski definition) is 4. The van der Waals surface area contributed by atoms with E-state index in [-0.39, 0.29) is 9.92 Å². The van der Waals surface area contributed by atoms with Crippen molar-refractivity contribution in [2.45, 2.75) is 24.8 Å². The summed E-state index contributed by atoms with van der Waals surface area (Å²) in [5.74, 6) is 0. The summed E-state index contributed by atoms with van der Waals surface area (Å²) in [5, 5.41) is 0.129. The Bertz CT molecular complexity index is 532. The van der Waals surface area contributed by atoms with Crippen molar-refractivity contribution in [1.29, 1.82) is 0 Å². The van der Waals surface area contributed by atoms with Crippen LogP contribution < -0.4 is 10.5 Å². The Hall–Kier alpha value is -0.820. The lowest BCUT2D eigenvalue weighted by molar-refractivity contribution is 0.278. The van der Waals surface area contributed by atoms with Gasteiger partial charge in [-0.3, -0.25) is 0 Å². The zero-order valence-electron chi connectivity index (χ0n) is 11.4. The predicted molar refractivity (Wildman–Crippen MR) is 78.8 cm³/mol. The molecule has 1 aromatic carbocycles. The van der Waals surface area contributed by atoms with Crippen molar-refractivity contribution in [1.82, 2.24) is 9.62 Å². The standard InChI is InChI=1S/C12H20ClN3O2S/c1-9(2)16(3)7-6-15-19(17,18)12-5-4-10(14)8-11(12)13/h4-5,8-9,15H,6-7,14H2,1-3H3. The second-order valence-corrected chi connectivity index (χ2v) is 6.80. The molecular weight excluding hydrogens is 286 g/mol. The van der Waals surface area contributed by atoms with Crippen LogP contribution in [-0.4, -0.2) is 39.5 Å². The van der Waals surface area contributed by atoms with E-state index in [9.17, 15) is 8.42 Å². The zero-order chi connectivity index (χ0) is 14.6. The average Bonchev–Trinajstić information content (AvgIpc) is 2.27. The van der Waals surface area contributed by atoms with Gasteiger partial charge in [-0.2, -0.15) is 0 Å². The summed E-state index contributed by atoms with van der Waals surface area (Å²) in [4.78, 5) is 2.10. The molecule has 0 bridgehead atoms. The van der Waals surface area contributed by atoms with E-state index in [2.05, 4.69) is 4.72 Å². The van der Waals surface area contributed by atoms with Gasteiger partial charge in [0.2, 0.25) is 10.0 Å². The fourth-order valence-electron chi connectivity index (χ4n) is 1.43. The summed E-state index contributed by atoms with van der Waals surface area (Å²) in [7, 11) is -1.65. The molecule has 0 heterocycles. The van der Waals surface area contributed by atoms with Crippen molar-refractivity contribution in [3.8, 4) is 0 Å². The van der Waals surface area contributed by atoms with E-state index < -0.39 is 10.0 Å². The van der Waals surface area contributed by atoms with Crippen LogP contribution in [0.5, 0.6) is 0 Å². The minimum Gasteiger partial charge on any atom is -0.399 e. The molecule has 0 aliphatic carbocycles. The molecule has 0 saturated heterocycles. The first-order valence-corrected chi connectivity index (χ1v) is 7.85. The molecule has 0 saturated carbocycles. The quantitative estimate of drug-likeness (QED) is 0.782. The summed E-state index contributed by atoms with van der Waals surface area (Å²) in [6.45, 7) is 5.05. The first-order valence-electron chi connectivity index (χ1n) is 5.99. The van der Waals surface area contributed by atoms with Crippen molar-refractivity contribution in [2.75, 3.05) is 25.9 Å². The lowest BCUT2D eigenvalue weighted by atomic mass is 10.3. The molecule has 5 nitrogen and oxygen atoms in total. The number of likely N-dealkylation sites (N-methyl/N-ethyl adjacent to an activating group) is 1. The summed E-state index contributed by atoms with van der Waals surface area (Å²) in [5.41, 5.74) is 5.97. The van der Waals surface area contributed by atoms with Crippen molar-refractivity contribution >= 4 is 27.3 Å². The largest absolute Gasteiger partial charge is 0.399 e. The van der Waals surface area contributed by atoms with Crippen molar-refractivity contribution in [2.24, 2.45) is 0 Å². The Morgan fingerprint density at radius 1 is 1.42 bits per heavy atom. The molecule has 0 atom stereocenters. The highest BCUT2D eigenvalue weighted by molar-refractivity contribution is 7.89. The van der Waals surface area contributed by atoms with Crippen LogP contribution in [0.3, 0.4) is 0 Å². The highest BCUT2D eigenvalue weighted by atomic mass is 35.5. The molecular formula is C12H20ClN3O2S. The molecule has 1 aromatic rings. The van der Waals surface area contributed by atoms with Gasteiger partial charge in [-0.15, -0.1) is 0 Å². The molecule has 0 aliphatic heterocycles. The number of nitrogens with two attached hydrogens (primary N) is 1. The normalized spacial score (nSPS) is 12.3. The first-order chi connectivity index (χ1) is 8.74. The van der Waals surface area contributed by atoms with Gasteiger partial charge in [-0.1, -0.05) is 11.6 Å². The highest BCUT2D eigenvalue weighted by Crippen LogP contribution is 2.23. The van der Waals surface area contributed by atoms with Crippen LogP contribution in [0.1, 0.15) is 13.8 Å². The van der Waals surface area contributed by atoms with Gasteiger partial charge in [0.1, 0.15) is 4.90 Å². The monoisotopic (exact) mass is 305 g/mol. The van der Waals surface area contributed by atoms with Crippen molar-refractivity contribution in [3.05, 3.63) is 23.2 Å². The smallest absolute Gasteiger partial charge is 0.242 e. The zero-order valence-corrected chi connectivity index (χ0v) is 12.9. The summed E-state index contributed by atoms with van der Waals surface area (Å²) < 4.78 is 26.6. The van der Waals surface area contributed by atoms with Gasteiger partial charge >= 0.3 is 0 Å².